The molecule has 7 heteroatoms. The molecule has 112 valence electrons. The van der Waals surface area contributed by atoms with Crippen molar-refractivity contribution in [1.82, 2.24) is 0 Å². The number of aryl methyl sites for hydroxylation is 1. The van der Waals surface area contributed by atoms with E-state index < -0.39 is 10.1 Å². The van der Waals surface area contributed by atoms with Crippen molar-refractivity contribution in [2.45, 2.75) is 22.6 Å². The molecule has 1 heterocycles. The number of rotatable bonds is 4. The van der Waals surface area contributed by atoms with E-state index >= 15 is 0 Å². The average molecular weight is 345 g/mol. The smallest absolute Gasteiger partial charge is 1.00 e. The fourth-order valence-electron chi connectivity index (χ4n) is 2.37. The van der Waals surface area contributed by atoms with E-state index in [-0.39, 0.29) is 36.7 Å². The molecule has 0 fully saturated rings. The Labute approximate surface area is 158 Å². The van der Waals surface area contributed by atoms with Crippen LogP contribution in [0.4, 0.5) is 11.4 Å². The number of hydrogen-bond donors (Lipinski definition) is 2. The van der Waals surface area contributed by atoms with Crippen LogP contribution in [0, 0.1) is 0 Å². The van der Waals surface area contributed by atoms with Gasteiger partial charge in [-0.1, -0.05) is 36.0 Å². The molecule has 0 aromatic heterocycles. The fourth-order valence-corrected chi connectivity index (χ4v) is 3.92. The summed E-state index contributed by atoms with van der Waals surface area (Å²) in [6.07, 6.45) is 1.02. The third-order valence-corrected chi connectivity index (χ3v) is 5.27. The summed E-state index contributed by atoms with van der Waals surface area (Å²) in [6, 6.07) is 14.1. The van der Waals surface area contributed by atoms with Crippen LogP contribution in [-0.4, -0.2) is 18.7 Å². The molecule has 2 aromatic carbocycles. The Bertz CT molecular complexity index is 784. The second-order valence-corrected chi connectivity index (χ2v) is 7.56. The van der Waals surface area contributed by atoms with Gasteiger partial charge in [-0.25, -0.2) is 0 Å². The monoisotopic (exact) mass is 345 g/mol. The van der Waals surface area contributed by atoms with Crippen LogP contribution in [0.1, 0.15) is 13.4 Å². The molecule has 3 rings (SSSR count). The minimum atomic E-state index is -3.89. The van der Waals surface area contributed by atoms with Gasteiger partial charge in [0, 0.05) is 9.79 Å². The average Bonchev–Trinajstić information content (AvgIpc) is 2.44. The van der Waals surface area contributed by atoms with Gasteiger partial charge in [0.2, 0.25) is 0 Å². The minimum Gasteiger partial charge on any atom is -1.00 e. The number of para-hydroxylation sites is 2. The summed E-state index contributed by atoms with van der Waals surface area (Å²) in [6.45, 7) is 0. The van der Waals surface area contributed by atoms with Crippen molar-refractivity contribution in [3.8, 4) is 0 Å². The largest absolute Gasteiger partial charge is 1.00 e. The van der Waals surface area contributed by atoms with Crippen molar-refractivity contribution in [1.29, 1.82) is 0 Å². The molecule has 0 bridgehead atoms. The maximum atomic E-state index is 10.8. The van der Waals surface area contributed by atoms with Crippen LogP contribution in [0.2, 0.25) is 0 Å². The zero-order valence-corrected chi connectivity index (χ0v) is 15.9. The van der Waals surface area contributed by atoms with Gasteiger partial charge >= 0.3 is 29.6 Å². The molecule has 0 atom stereocenters. The van der Waals surface area contributed by atoms with Crippen molar-refractivity contribution >= 4 is 33.3 Å². The van der Waals surface area contributed by atoms with Crippen LogP contribution in [0.5, 0.6) is 0 Å². The predicted octanol–water partition coefficient (Wildman–Crippen LogP) is 0.832. The van der Waals surface area contributed by atoms with Crippen LogP contribution in [0.3, 0.4) is 0 Å². The van der Waals surface area contributed by atoms with Crippen LogP contribution in [0.25, 0.3) is 0 Å². The number of fused-ring (bicyclic) bond motifs is 2. The number of benzene rings is 2. The Hall–Kier alpha value is -0.500. The molecule has 0 spiro atoms. The zero-order valence-electron chi connectivity index (χ0n) is 13.2. The summed E-state index contributed by atoms with van der Waals surface area (Å²) in [5.74, 6) is -0.208. The number of anilines is 2. The van der Waals surface area contributed by atoms with E-state index in [1.165, 1.54) is 4.90 Å². The molecule has 2 aromatic rings. The molecule has 4 nitrogen and oxygen atoms in total. The van der Waals surface area contributed by atoms with Crippen molar-refractivity contribution in [2.24, 2.45) is 0 Å². The molecule has 0 saturated heterocycles. The summed E-state index contributed by atoms with van der Waals surface area (Å²) >= 11 is 1.71. The van der Waals surface area contributed by atoms with Gasteiger partial charge < -0.3 is 6.74 Å². The van der Waals surface area contributed by atoms with Gasteiger partial charge in [-0.2, -0.15) is 8.42 Å². The zero-order chi connectivity index (χ0) is 14.9. The SMILES string of the molecule is O=S(=O)(O)CCCc1cccc2c1Nc1ccccc1S2.[H-].[Na+]. The Kier molecular flexibility index (Phi) is 5.99. The standard InChI is InChI=1S/C15H15NO3S2.Na.H/c17-21(18,19)10-4-6-11-5-3-9-14-15(11)16-12-7-1-2-8-13(12)20-14;;/h1-3,5,7-9,16H,4,6,10H2,(H,17,18,19);;/q;+1;-1. The van der Waals surface area contributed by atoms with Crippen LogP contribution in [-0.2, 0) is 16.5 Å². The van der Waals surface area contributed by atoms with Crippen molar-refractivity contribution in [3.63, 3.8) is 0 Å². The summed E-state index contributed by atoms with van der Waals surface area (Å²) in [5.41, 5.74) is 3.17. The van der Waals surface area contributed by atoms with Gasteiger partial charge in [-0.15, -0.1) is 0 Å². The molecule has 2 N–H and O–H groups in total. The first-order valence-corrected chi connectivity index (χ1v) is 9.06. The van der Waals surface area contributed by atoms with Crippen molar-refractivity contribution in [2.75, 3.05) is 11.1 Å². The van der Waals surface area contributed by atoms with E-state index in [0.29, 0.717) is 12.8 Å². The van der Waals surface area contributed by atoms with Crippen molar-refractivity contribution in [3.05, 3.63) is 48.0 Å². The van der Waals surface area contributed by atoms with E-state index in [0.717, 1.165) is 21.8 Å². The first-order valence-electron chi connectivity index (χ1n) is 6.64. The Morgan fingerprint density at radius 1 is 1.09 bits per heavy atom. The normalized spacial score (nSPS) is 12.6. The van der Waals surface area contributed by atoms with Gasteiger partial charge in [-0.3, -0.25) is 4.55 Å². The molecule has 0 saturated carbocycles. The molecule has 0 unspecified atom stereocenters. The van der Waals surface area contributed by atoms with E-state index in [2.05, 4.69) is 17.4 Å². The summed E-state index contributed by atoms with van der Waals surface area (Å²) in [4.78, 5) is 2.32. The van der Waals surface area contributed by atoms with Gasteiger partial charge in [0.15, 0.2) is 0 Å². The number of hydrogen-bond acceptors (Lipinski definition) is 4. The number of nitrogens with one attached hydrogen (secondary N) is 1. The van der Waals surface area contributed by atoms with Gasteiger partial charge in [0.05, 0.1) is 17.1 Å². The van der Waals surface area contributed by atoms with E-state index in [4.69, 9.17) is 4.55 Å². The summed E-state index contributed by atoms with van der Waals surface area (Å²) in [5, 5.41) is 3.42. The molecular formula is C15H16NNaO3S2. The molecule has 0 aliphatic carbocycles. The third kappa shape index (κ3) is 4.28. The molecule has 1 aliphatic rings. The van der Waals surface area contributed by atoms with Crippen LogP contribution >= 0.6 is 11.8 Å². The molecule has 1 aliphatic heterocycles. The molecular weight excluding hydrogens is 329 g/mol. The van der Waals surface area contributed by atoms with E-state index in [1.807, 2.05) is 30.3 Å². The fraction of sp³-hybridized carbons (Fsp3) is 0.200. The van der Waals surface area contributed by atoms with Crippen LogP contribution in [0.15, 0.2) is 52.3 Å². The van der Waals surface area contributed by atoms with E-state index in [1.54, 1.807) is 11.8 Å². The molecule has 22 heavy (non-hydrogen) atoms. The van der Waals surface area contributed by atoms with E-state index in [9.17, 15) is 8.42 Å². The topological polar surface area (TPSA) is 66.4 Å². The van der Waals surface area contributed by atoms with Gasteiger partial charge in [0.25, 0.3) is 10.1 Å². The summed E-state index contributed by atoms with van der Waals surface area (Å²) < 4.78 is 30.4. The Morgan fingerprint density at radius 3 is 2.59 bits per heavy atom. The van der Waals surface area contributed by atoms with Crippen molar-refractivity contribution < 1.29 is 44.0 Å². The van der Waals surface area contributed by atoms with Gasteiger partial charge in [-0.05, 0) is 36.6 Å². The maximum absolute atomic E-state index is 10.8. The Morgan fingerprint density at radius 2 is 1.82 bits per heavy atom. The van der Waals surface area contributed by atoms with Gasteiger partial charge in [0.1, 0.15) is 0 Å². The first kappa shape index (κ1) is 17.8. The minimum absolute atomic E-state index is 0. The van der Waals surface area contributed by atoms with Crippen LogP contribution < -0.4 is 34.9 Å². The summed E-state index contributed by atoms with van der Waals surface area (Å²) in [7, 11) is -3.89. The first-order chi connectivity index (χ1) is 10.0. The Balaban J connectivity index is 0.00000132. The third-order valence-electron chi connectivity index (χ3n) is 3.33. The second-order valence-electron chi connectivity index (χ2n) is 4.90. The maximum Gasteiger partial charge on any atom is 1.00 e. The quantitative estimate of drug-likeness (QED) is 0.542. The molecule has 0 amide bonds. The predicted molar refractivity (Wildman–Crippen MR) is 86.1 cm³/mol. The molecule has 0 radical (unpaired) electrons. The second kappa shape index (κ2) is 7.38.